The molecule has 0 aliphatic heterocycles. The van der Waals surface area contributed by atoms with Gasteiger partial charge in [0.05, 0.1) is 18.4 Å². The SMILES string of the molecule is COC(=O)C(C)S(=O)(=O)Nc1cc(C(=O)O)ccc1F. The van der Waals surface area contributed by atoms with Crippen molar-refractivity contribution in [3.05, 3.63) is 29.6 Å². The molecule has 0 aromatic heterocycles. The number of carboxylic acids is 1. The molecule has 0 heterocycles. The predicted molar refractivity (Wildman–Crippen MR) is 67.4 cm³/mol. The highest BCUT2D eigenvalue weighted by atomic mass is 32.2. The van der Waals surface area contributed by atoms with Gasteiger partial charge in [0.25, 0.3) is 0 Å². The van der Waals surface area contributed by atoms with Crippen LogP contribution in [-0.2, 0) is 19.6 Å². The Labute approximate surface area is 114 Å². The van der Waals surface area contributed by atoms with Crippen molar-refractivity contribution in [3.63, 3.8) is 0 Å². The molecule has 0 saturated carbocycles. The summed E-state index contributed by atoms with van der Waals surface area (Å²) < 4.78 is 43.2. The fourth-order valence-corrected chi connectivity index (χ4v) is 2.26. The second kappa shape index (κ2) is 5.87. The van der Waals surface area contributed by atoms with Gasteiger partial charge in [-0.2, -0.15) is 0 Å². The average molecular weight is 305 g/mol. The van der Waals surface area contributed by atoms with Gasteiger partial charge in [-0.25, -0.2) is 17.6 Å². The second-order valence-corrected chi connectivity index (χ2v) is 5.81. The van der Waals surface area contributed by atoms with Crippen molar-refractivity contribution in [1.29, 1.82) is 0 Å². The van der Waals surface area contributed by atoms with Gasteiger partial charge in [-0.3, -0.25) is 9.52 Å². The molecule has 7 nitrogen and oxygen atoms in total. The number of benzene rings is 1. The van der Waals surface area contributed by atoms with Gasteiger partial charge < -0.3 is 9.84 Å². The van der Waals surface area contributed by atoms with Crippen LogP contribution in [0.25, 0.3) is 0 Å². The van der Waals surface area contributed by atoms with Gasteiger partial charge in [-0.15, -0.1) is 0 Å². The van der Waals surface area contributed by atoms with Crippen LogP contribution in [0.15, 0.2) is 18.2 Å². The Morgan fingerprint density at radius 2 is 2.00 bits per heavy atom. The molecule has 1 aromatic rings. The molecule has 9 heteroatoms. The zero-order valence-electron chi connectivity index (χ0n) is 10.6. The van der Waals surface area contributed by atoms with Crippen molar-refractivity contribution in [2.24, 2.45) is 0 Å². The number of nitrogens with one attached hydrogen (secondary N) is 1. The van der Waals surface area contributed by atoms with E-state index in [4.69, 9.17) is 5.11 Å². The normalized spacial score (nSPS) is 12.6. The Morgan fingerprint density at radius 3 is 2.50 bits per heavy atom. The second-order valence-electron chi connectivity index (χ2n) is 3.81. The molecule has 0 aliphatic carbocycles. The van der Waals surface area contributed by atoms with E-state index in [-0.39, 0.29) is 5.56 Å². The van der Waals surface area contributed by atoms with Crippen molar-refractivity contribution in [2.45, 2.75) is 12.2 Å². The summed E-state index contributed by atoms with van der Waals surface area (Å²) in [7, 11) is -3.23. The summed E-state index contributed by atoms with van der Waals surface area (Å²) in [6, 6.07) is 2.61. The van der Waals surface area contributed by atoms with E-state index in [1.54, 1.807) is 0 Å². The Morgan fingerprint density at radius 1 is 1.40 bits per heavy atom. The number of ether oxygens (including phenoxy) is 1. The number of aromatic carboxylic acids is 1. The van der Waals surface area contributed by atoms with Crippen LogP contribution in [0.1, 0.15) is 17.3 Å². The van der Waals surface area contributed by atoms with E-state index >= 15 is 0 Å². The van der Waals surface area contributed by atoms with Gasteiger partial charge in [0.15, 0.2) is 5.25 Å². The van der Waals surface area contributed by atoms with Crippen molar-refractivity contribution < 1.29 is 32.2 Å². The minimum absolute atomic E-state index is 0.296. The fourth-order valence-electron chi connectivity index (χ4n) is 1.27. The van der Waals surface area contributed by atoms with E-state index in [0.29, 0.717) is 0 Å². The third kappa shape index (κ3) is 3.44. The molecule has 110 valence electrons. The Hall–Kier alpha value is -2.16. The van der Waals surface area contributed by atoms with Gasteiger partial charge in [0.2, 0.25) is 10.0 Å². The lowest BCUT2D eigenvalue weighted by Gasteiger charge is -2.13. The molecule has 0 amide bonds. The van der Waals surface area contributed by atoms with E-state index in [0.717, 1.165) is 32.2 Å². The molecule has 0 fully saturated rings. The number of carboxylic acid groups (broad SMARTS) is 1. The molecule has 0 spiro atoms. The number of sulfonamides is 1. The number of hydrogen-bond donors (Lipinski definition) is 2. The third-order valence-electron chi connectivity index (χ3n) is 2.46. The van der Waals surface area contributed by atoms with Gasteiger partial charge in [0.1, 0.15) is 5.82 Å². The standard InChI is InChI=1S/C11H12FNO6S/c1-6(11(16)19-2)20(17,18)13-9-5-7(10(14)15)3-4-8(9)12/h3-6,13H,1-2H3,(H,14,15). The van der Waals surface area contributed by atoms with Crippen LogP contribution in [0, 0.1) is 5.82 Å². The highest BCUT2D eigenvalue weighted by Crippen LogP contribution is 2.19. The maximum atomic E-state index is 13.5. The number of anilines is 1. The first-order valence-electron chi connectivity index (χ1n) is 5.31. The molecule has 20 heavy (non-hydrogen) atoms. The average Bonchev–Trinajstić information content (AvgIpc) is 2.38. The van der Waals surface area contributed by atoms with E-state index in [1.807, 2.05) is 4.72 Å². The van der Waals surface area contributed by atoms with Crippen LogP contribution >= 0.6 is 0 Å². The number of methoxy groups -OCH3 is 1. The first kappa shape index (κ1) is 15.9. The minimum atomic E-state index is -4.25. The number of carbonyl (C=O) groups excluding carboxylic acids is 1. The summed E-state index contributed by atoms with van der Waals surface area (Å²) in [6.45, 7) is 1.06. The monoisotopic (exact) mass is 305 g/mol. The van der Waals surface area contributed by atoms with Crippen molar-refractivity contribution >= 4 is 27.6 Å². The summed E-state index contributed by atoms with van der Waals surface area (Å²) in [5.41, 5.74) is -0.851. The zero-order chi connectivity index (χ0) is 15.5. The van der Waals surface area contributed by atoms with Crippen LogP contribution in [-0.4, -0.2) is 37.8 Å². The topological polar surface area (TPSA) is 110 Å². The van der Waals surface area contributed by atoms with Crippen LogP contribution in [0.4, 0.5) is 10.1 Å². The predicted octanol–water partition coefficient (Wildman–Crippen LogP) is 0.827. The Kier molecular flexibility index (Phi) is 4.66. The molecule has 1 aromatic carbocycles. The van der Waals surface area contributed by atoms with Gasteiger partial charge in [0, 0.05) is 0 Å². The van der Waals surface area contributed by atoms with E-state index in [2.05, 4.69) is 4.74 Å². The lowest BCUT2D eigenvalue weighted by atomic mass is 10.2. The highest BCUT2D eigenvalue weighted by Gasteiger charge is 2.29. The van der Waals surface area contributed by atoms with Crippen molar-refractivity contribution in [3.8, 4) is 0 Å². The summed E-state index contributed by atoms with van der Waals surface area (Å²) in [5, 5.41) is 7.19. The largest absolute Gasteiger partial charge is 0.478 e. The number of esters is 1. The molecule has 0 saturated heterocycles. The molecule has 1 unspecified atom stereocenters. The summed E-state index contributed by atoms with van der Waals surface area (Å²) in [4.78, 5) is 21.9. The number of rotatable bonds is 5. The summed E-state index contributed by atoms with van der Waals surface area (Å²) in [6.07, 6.45) is 0. The zero-order valence-corrected chi connectivity index (χ0v) is 11.4. The molecule has 0 bridgehead atoms. The van der Waals surface area contributed by atoms with Crippen molar-refractivity contribution in [1.82, 2.24) is 0 Å². The maximum Gasteiger partial charge on any atom is 0.335 e. The first-order chi connectivity index (χ1) is 9.19. The summed E-state index contributed by atoms with van der Waals surface area (Å²) in [5.74, 6) is -3.32. The van der Waals surface area contributed by atoms with Gasteiger partial charge >= 0.3 is 11.9 Å². The van der Waals surface area contributed by atoms with E-state index in [1.165, 1.54) is 0 Å². The van der Waals surface area contributed by atoms with Crippen LogP contribution < -0.4 is 4.72 Å². The molecular weight excluding hydrogens is 293 g/mol. The van der Waals surface area contributed by atoms with Gasteiger partial charge in [-0.1, -0.05) is 0 Å². The molecule has 1 rings (SSSR count). The number of carbonyl (C=O) groups is 2. The minimum Gasteiger partial charge on any atom is -0.478 e. The van der Waals surface area contributed by atoms with E-state index < -0.39 is 38.7 Å². The van der Waals surface area contributed by atoms with Crippen molar-refractivity contribution in [2.75, 3.05) is 11.8 Å². The number of halogens is 1. The lowest BCUT2D eigenvalue weighted by molar-refractivity contribution is -0.139. The Bertz CT molecular complexity index is 642. The van der Waals surface area contributed by atoms with Crippen LogP contribution in [0.5, 0.6) is 0 Å². The molecular formula is C11H12FNO6S. The summed E-state index contributed by atoms with van der Waals surface area (Å²) >= 11 is 0. The molecule has 0 aliphatic rings. The molecule has 0 radical (unpaired) electrons. The highest BCUT2D eigenvalue weighted by molar-refractivity contribution is 7.94. The number of hydrogen-bond acceptors (Lipinski definition) is 5. The van der Waals surface area contributed by atoms with Crippen LogP contribution in [0.2, 0.25) is 0 Å². The lowest BCUT2D eigenvalue weighted by Crippen LogP contribution is -2.33. The first-order valence-corrected chi connectivity index (χ1v) is 6.86. The van der Waals surface area contributed by atoms with Crippen LogP contribution in [0.3, 0.4) is 0 Å². The quantitative estimate of drug-likeness (QED) is 0.780. The third-order valence-corrected chi connectivity index (χ3v) is 4.09. The molecule has 1 atom stereocenters. The Balaban J connectivity index is 3.12. The van der Waals surface area contributed by atoms with Gasteiger partial charge in [-0.05, 0) is 25.1 Å². The smallest absolute Gasteiger partial charge is 0.335 e. The molecule has 2 N–H and O–H groups in total. The fraction of sp³-hybridized carbons (Fsp3) is 0.273. The van der Waals surface area contributed by atoms with E-state index in [9.17, 15) is 22.4 Å². The maximum absolute atomic E-state index is 13.5.